The van der Waals surface area contributed by atoms with Gasteiger partial charge in [-0.25, -0.2) is 0 Å². The summed E-state index contributed by atoms with van der Waals surface area (Å²) >= 11 is 0. The van der Waals surface area contributed by atoms with E-state index < -0.39 is 0 Å². The van der Waals surface area contributed by atoms with Crippen molar-refractivity contribution < 1.29 is 4.74 Å². The van der Waals surface area contributed by atoms with Gasteiger partial charge in [0, 0.05) is 24.6 Å². The Bertz CT molecular complexity index is 202. The van der Waals surface area contributed by atoms with Crippen molar-refractivity contribution in [3.63, 3.8) is 0 Å². The SMILES string of the molecule is CC(C)CCN(C)C(C)(CN)C1CCOC1. The lowest BCUT2D eigenvalue weighted by atomic mass is 9.83. The lowest BCUT2D eigenvalue weighted by Gasteiger charge is -2.42. The van der Waals surface area contributed by atoms with Crippen LogP contribution in [0.15, 0.2) is 0 Å². The second-order valence-electron chi connectivity index (χ2n) is 5.73. The molecule has 0 saturated carbocycles. The maximum Gasteiger partial charge on any atom is 0.0513 e. The van der Waals surface area contributed by atoms with Crippen LogP contribution in [0.4, 0.5) is 0 Å². The Hall–Kier alpha value is -0.120. The lowest BCUT2D eigenvalue weighted by Crippen LogP contribution is -2.55. The largest absolute Gasteiger partial charge is 0.381 e. The molecular formula is C13H28N2O. The van der Waals surface area contributed by atoms with Gasteiger partial charge in [0.05, 0.1) is 6.61 Å². The average Bonchev–Trinajstić information content (AvgIpc) is 2.78. The molecule has 16 heavy (non-hydrogen) atoms. The van der Waals surface area contributed by atoms with E-state index in [0.717, 1.165) is 38.6 Å². The summed E-state index contributed by atoms with van der Waals surface area (Å²) in [5, 5.41) is 0. The van der Waals surface area contributed by atoms with Crippen molar-refractivity contribution in [2.24, 2.45) is 17.6 Å². The Morgan fingerprint density at radius 3 is 2.62 bits per heavy atom. The molecule has 0 bridgehead atoms. The second kappa shape index (κ2) is 5.99. The first kappa shape index (κ1) is 13.9. The van der Waals surface area contributed by atoms with Crippen LogP contribution in [-0.4, -0.2) is 43.8 Å². The number of rotatable bonds is 6. The van der Waals surface area contributed by atoms with Crippen molar-refractivity contribution in [1.29, 1.82) is 0 Å². The first-order valence-corrected chi connectivity index (χ1v) is 6.49. The Morgan fingerprint density at radius 1 is 1.50 bits per heavy atom. The van der Waals surface area contributed by atoms with Crippen LogP contribution in [0.3, 0.4) is 0 Å². The predicted octanol–water partition coefficient (Wildman–Crippen LogP) is 1.72. The molecule has 0 aromatic rings. The summed E-state index contributed by atoms with van der Waals surface area (Å²) in [6.07, 6.45) is 2.39. The van der Waals surface area contributed by atoms with Gasteiger partial charge in [-0.3, -0.25) is 4.90 Å². The second-order valence-corrected chi connectivity index (χ2v) is 5.73. The third-order valence-corrected chi connectivity index (χ3v) is 4.14. The molecular weight excluding hydrogens is 200 g/mol. The van der Waals surface area contributed by atoms with Crippen LogP contribution >= 0.6 is 0 Å². The minimum atomic E-state index is 0.103. The van der Waals surface area contributed by atoms with Crippen molar-refractivity contribution >= 4 is 0 Å². The van der Waals surface area contributed by atoms with E-state index >= 15 is 0 Å². The van der Waals surface area contributed by atoms with Gasteiger partial charge in [-0.05, 0) is 39.3 Å². The van der Waals surface area contributed by atoms with E-state index in [1.807, 2.05) is 0 Å². The van der Waals surface area contributed by atoms with E-state index in [-0.39, 0.29) is 5.54 Å². The monoisotopic (exact) mass is 228 g/mol. The lowest BCUT2D eigenvalue weighted by molar-refractivity contribution is 0.0633. The van der Waals surface area contributed by atoms with Gasteiger partial charge in [0.2, 0.25) is 0 Å². The van der Waals surface area contributed by atoms with Gasteiger partial charge < -0.3 is 10.5 Å². The first-order valence-electron chi connectivity index (χ1n) is 6.49. The van der Waals surface area contributed by atoms with Crippen LogP contribution in [0.1, 0.15) is 33.6 Å². The fourth-order valence-corrected chi connectivity index (χ4v) is 2.37. The number of hydrogen-bond donors (Lipinski definition) is 1. The van der Waals surface area contributed by atoms with Crippen LogP contribution in [-0.2, 0) is 4.74 Å². The van der Waals surface area contributed by atoms with Crippen LogP contribution in [0.5, 0.6) is 0 Å². The average molecular weight is 228 g/mol. The van der Waals surface area contributed by atoms with Crippen molar-refractivity contribution in [3.05, 3.63) is 0 Å². The Morgan fingerprint density at radius 2 is 2.19 bits per heavy atom. The molecule has 2 N–H and O–H groups in total. The van der Waals surface area contributed by atoms with E-state index in [9.17, 15) is 0 Å². The highest BCUT2D eigenvalue weighted by atomic mass is 16.5. The normalized spacial score (nSPS) is 25.3. The third kappa shape index (κ3) is 3.19. The van der Waals surface area contributed by atoms with E-state index in [2.05, 4.69) is 32.7 Å². The van der Waals surface area contributed by atoms with Crippen molar-refractivity contribution in [1.82, 2.24) is 4.90 Å². The van der Waals surface area contributed by atoms with Crippen molar-refractivity contribution in [3.8, 4) is 0 Å². The highest BCUT2D eigenvalue weighted by Crippen LogP contribution is 2.30. The molecule has 0 amide bonds. The van der Waals surface area contributed by atoms with Crippen molar-refractivity contribution in [2.45, 2.75) is 39.2 Å². The summed E-state index contributed by atoms with van der Waals surface area (Å²) in [5.41, 5.74) is 6.10. The van der Waals surface area contributed by atoms with Gasteiger partial charge >= 0.3 is 0 Å². The highest BCUT2D eigenvalue weighted by Gasteiger charge is 2.38. The molecule has 2 atom stereocenters. The smallest absolute Gasteiger partial charge is 0.0513 e. The van der Waals surface area contributed by atoms with Crippen LogP contribution < -0.4 is 5.73 Å². The zero-order valence-corrected chi connectivity index (χ0v) is 11.3. The summed E-state index contributed by atoms with van der Waals surface area (Å²) in [5.74, 6) is 1.35. The summed E-state index contributed by atoms with van der Waals surface area (Å²) in [7, 11) is 2.20. The fraction of sp³-hybridized carbons (Fsp3) is 1.00. The molecule has 3 nitrogen and oxygen atoms in total. The molecule has 2 unspecified atom stereocenters. The van der Waals surface area contributed by atoms with E-state index in [1.165, 1.54) is 6.42 Å². The van der Waals surface area contributed by atoms with Gasteiger partial charge in [0.1, 0.15) is 0 Å². The van der Waals surface area contributed by atoms with Gasteiger partial charge in [0.15, 0.2) is 0 Å². The zero-order valence-electron chi connectivity index (χ0n) is 11.3. The number of hydrogen-bond acceptors (Lipinski definition) is 3. The highest BCUT2D eigenvalue weighted by molar-refractivity contribution is 4.94. The van der Waals surface area contributed by atoms with Crippen LogP contribution in [0.2, 0.25) is 0 Å². The number of nitrogens with two attached hydrogens (primary N) is 1. The van der Waals surface area contributed by atoms with Gasteiger partial charge in [-0.1, -0.05) is 13.8 Å². The molecule has 1 saturated heterocycles. The van der Waals surface area contributed by atoms with Gasteiger partial charge in [-0.2, -0.15) is 0 Å². The fourth-order valence-electron chi connectivity index (χ4n) is 2.37. The van der Waals surface area contributed by atoms with Crippen LogP contribution in [0.25, 0.3) is 0 Å². The number of nitrogens with zero attached hydrogens (tertiary/aromatic N) is 1. The summed E-state index contributed by atoms with van der Waals surface area (Å²) < 4.78 is 5.50. The molecule has 1 aliphatic heterocycles. The van der Waals surface area contributed by atoms with Gasteiger partial charge in [0.25, 0.3) is 0 Å². The van der Waals surface area contributed by atoms with E-state index in [1.54, 1.807) is 0 Å². The predicted molar refractivity (Wildman–Crippen MR) is 68.5 cm³/mol. The molecule has 96 valence electrons. The molecule has 1 heterocycles. The molecule has 1 fully saturated rings. The maximum atomic E-state index is 6.00. The summed E-state index contributed by atoms with van der Waals surface area (Å²) in [6, 6.07) is 0. The molecule has 0 spiro atoms. The molecule has 0 aliphatic carbocycles. The topological polar surface area (TPSA) is 38.5 Å². The van der Waals surface area contributed by atoms with E-state index in [0.29, 0.717) is 5.92 Å². The Balaban J connectivity index is 2.55. The third-order valence-electron chi connectivity index (χ3n) is 4.14. The standard InChI is InChI=1S/C13H28N2O/c1-11(2)5-7-15(4)13(3,10-14)12-6-8-16-9-12/h11-12H,5-10,14H2,1-4H3. The summed E-state index contributed by atoms with van der Waals surface area (Å²) in [6.45, 7) is 10.4. The number of ether oxygens (including phenoxy) is 1. The molecule has 0 aromatic carbocycles. The molecule has 3 heteroatoms. The Labute approximate surface area is 100 Å². The molecule has 1 aliphatic rings. The maximum absolute atomic E-state index is 6.00. The van der Waals surface area contributed by atoms with E-state index in [4.69, 9.17) is 10.5 Å². The first-order chi connectivity index (χ1) is 7.50. The quantitative estimate of drug-likeness (QED) is 0.752. The number of likely N-dealkylation sites (N-methyl/N-ethyl adjacent to an activating group) is 1. The molecule has 0 aromatic heterocycles. The summed E-state index contributed by atoms with van der Waals surface area (Å²) in [4.78, 5) is 2.44. The van der Waals surface area contributed by atoms with Gasteiger partial charge in [-0.15, -0.1) is 0 Å². The minimum absolute atomic E-state index is 0.103. The zero-order chi connectivity index (χ0) is 12.2. The Kier molecular flexibility index (Phi) is 5.22. The molecule has 1 rings (SSSR count). The van der Waals surface area contributed by atoms with Crippen molar-refractivity contribution in [2.75, 3.05) is 33.4 Å². The minimum Gasteiger partial charge on any atom is -0.381 e. The van der Waals surface area contributed by atoms with Crippen LogP contribution in [0, 0.1) is 11.8 Å². The molecule has 0 radical (unpaired) electrons.